The van der Waals surface area contributed by atoms with Crippen LogP contribution >= 0.6 is 0 Å². The predicted molar refractivity (Wildman–Crippen MR) is 62.2 cm³/mol. The molecule has 0 heterocycles. The van der Waals surface area contributed by atoms with E-state index < -0.39 is 0 Å². The van der Waals surface area contributed by atoms with Gasteiger partial charge in [0.05, 0.1) is 0 Å². The number of hydrogen-bond donors (Lipinski definition) is 1. The Morgan fingerprint density at radius 3 is 2.21 bits per heavy atom. The predicted octanol–water partition coefficient (Wildman–Crippen LogP) is 1.93. The van der Waals surface area contributed by atoms with E-state index in [1.54, 1.807) is 0 Å². The maximum atomic E-state index is 6.13. The van der Waals surface area contributed by atoms with Gasteiger partial charge in [0.25, 0.3) is 0 Å². The standard InChI is InChI=1S/C12H22N2/c1-3-9-14(10-4-2)12-8-6-5-7-11(12)13/h3-4,11-12H,1-2,5-10,13H2/t11-,12-/m1/s1. The first kappa shape index (κ1) is 11.5. The third kappa shape index (κ3) is 2.96. The Morgan fingerprint density at radius 2 is 1.71 bits per heavy atom. The molecule has 80 valence electrons. The van der Waals surface area contributed by atoms with Gasteiger partial charge in [0.2, 0.25) is 0 Å². The van der Waals surface area contributed by atoms with Crippen LogP contribution in [0.3, 0.4) is 0 Å². The summed E-state index contributed by atoms with van der Waals surface area (Å²) in [7, 11) is 0. The molecule has 0 bridgehead atoms. The second-order valence-electron chi connectivity index (χ2n) is 4.05. The van der Waals surface area contributed by atoms with Gasteiger partial charge in [-0.3, -0.25) is 4.90 Å². The highest BCUT2D eigenvalue weighted by Crippen LogP contribution is 2.21. The minimum atomic E-state index is 0.337. The first-order valence-electron chi connectivity index (χ1n) is 5.51. The van der Waals surface area contributed by atoms with Gasteiger partial charge in [-0.2, -0.15) is 0 Å². The van der Waals surface area contributed by atoms with E-state index in [1.807, 2.05) is 12.2 Å². The van der Waals surface area contributed by atoms with Crippen molar-refractivity contribution in [3.05, 3.63) is 25.3 Å². The second kappa shape index (κ2) is 5.99. The number of nitrogens with two attached hydrogens (primary N) is 1. The lowest BCUT2D eigenvalue weighted by molar-refractivity contribution is 0.167. The van der Waals surface area contributed by atoms with Crippen LogP contribution in [-0.2, 0) is 0 Å². The van der Waals surface area contributed by atoms with Crippen molar-refractivity contribution in [2.24, 2.45) is 5.73 Å². The van der Waals surface area contributed by atoms with Crippen molar-refractivity contribution in [3.63, 3.8) is 0 Å². The fourth-order valence-corrected chi connectivity index (χ4v) is 2.27. The molecule has 0 amide bonds. The first-order chi connectivity index (χ1) is 6.79. The topological polar surface area (TPSA) is 29.3 Å². The van der Waals surface area contributed by atoms with Crippen LogP contribution in [0.4, 0.5) is 0 Å². The van der Waals surface area contributed by atoms with Crippen LogP contribution in [0.15, 0.2) is 25.3 Å². The van der Waals surface area contributed by atoms with Crippen molar-refractivity contribution >= 4 is 0 Å². The Labute approximate surface area is 87.5 Å². The van der Waals surface area contributed by atoms with E-state index in [-0.39, 0.29) is 0 Å². The molecule has 1 aliphatic carbocycles. The molecule has 1 saturated carbocycles. The fraction of sp³-hybridized carbons (Fsp3) is 0.667. The Balaban J connectivity index is 2.54. The average molecular weight is 194 g/mol. The van der Waals surface area contributed by atoms with Gasteiger partial charge in [-0.25, -0.2) is 0 Å². The number of rotatable bonds is 5. The number of nitrogens with zero attached hydrogens (tertiary/aromatic N) is 1. The van der Waals surface area contributed by atoms with Gasteiger partial charge in [-0.05, 0) is 12.8 Å². The average Bonchev–Trinajstić information content (AvgIpc) is 2.18. The van der Waals surface area contributed by atoms with E-state index in [0.29, 0.717) is 12.1 Å². The first-order valence-corrected chi connectivity index (χ1v) is 5.51. The van der Waals surface area contributed by atoms with Crippen molar-refractivity contribution < 1.29 is 0 Å². The molecule has 0 aromatic rings. The minimum Gasteiger partial charge on any atom is -0.326 e. The zero-order valence-corrected chi connectivity index (χ0v) is 8.99. The zero-order valence-electron chi connectivity index (χ0n) is 8.99. The summed E-state index contributed by atoms with van der Waals surface area (Å²) < 4.78 is 0. The van der Waals surface area contributed by atoms with Crippen LogP contribution in [0.1, 0.15) is 25.7 Å². The van der Waals surface area contributed by atoms with Gasteiger partial charge in [-0.15, -0.1) is 13.2 Å². The molecule has 0 radical (unpaired) electrons. The van der Waals surface area contributed by atoms with Crippen LogP contribution in [0, 0.1) is 0 Å². The molecule has 0 spiro atoms. The summed E-state index contributed by atoms with van der Waals surface area (Å²) in [6.07, 6.45) is 8.88. The van der Waals surface area contributed by atoms with Crippen molar-refractivity contribution in [1.29, 1.82) is 0 Å². The molecule has 0 unspecified atom stereocenters. The maximum absolute atomic E-state index is 6.13. The van der Waals surface area contributed by atoms with Gasteiger partial charge in [-0.1, -0.05) is 25.0 Å². The Morgan fingerprint density at radius 1 is 1.14 bits per heavy atom. The van der Waals surface area contributed by atoms with Crippen molar-refractivity contribution in [2.75, 3.05) is 13.1 Å². The van der Waals surface area contributed by atoms with Crippen LogP contribution in [-0.4, -0.2) is 30.1 Å². The maximum Gasteiger partial charge on any atom is 0.0253 e. The van der Waals surface area contributed by atoms with Crippen molar-refractivity contribution in [3.8, 4) is 0 Å². The van der Waals surface area contributed by atoms with Crippen molar-refractivity contribution in [2.45, 2.75) is 37.8 Å². The Hall–Kier alpha value is -0.600. The number of hydrogen-bond acceptors (Lipinski definition) is 2. The second-order valence-corrected chi connectivity index (χ2v) is 4.05. The molecular weight excluding hydrogens is 172 g/mol. The molecule has 1 rings (SSSR count). The highest BCUT2D eigenvalue weighted by Gasteiger charge is 2.25. The Kier molecular flexibility index (Phi) is 4.91. The van der Waals surface area contributed by atoms with E-state index in [1.165, 1.54) is 19.3 Å². The van der Waals surface area contributed by atoms with Crippen molar-refractivity contribution in [1.82, 2.24) is 4.90 Å². The molecule has 2 atom stereocenters. The quantitative estimate of drug-likeness (QED) is 0.678. The van der Waals surface area contributed by atoms with Gasteiger partial charge in [0.1, 0.15) is 0 Å². The van der Waals surface area contributed by atoms with E-state index in [2.05, 4.69) is 18.1 Å². The summed E-state index contributed by atoms with van der Waals surface area (Å²) in [4.78, 5) is 2.38. The van der Waals surface area contributed by atoms with Crippen LogP contribution < -0.4 is 5.73 Å². The van der Waals surface area contributed by atoms with E-state index in [4.69, 9.17) is 5.73 Å². The third-order valence-electron chi connectivity index (χ3n) is 2.98. The SMILES string of the molecule is C=CCN(CC=C)[C@@H]1CCCC[C@H]1N. The molecular formula is C12H22N2. The van der Waals surface area contributed by atoms with Crippen LogP contribution in [0.5, 0.6) is 0 Å². The lowest BCUT2D eigenvalue weighted by atomic mass is 9.90. The fourth-order valence-electron chi connectivity index (χ4n) is 2.27. The normalized spacial score (nSPS) is 27.6. The van der Waals surface area contributed by atoms with E-state index >= 15 is 0 Å². The lowest BCUT2D eigenvalue weighted by Crippen LogP contribution is -2.49. The summed E-state index contributed by atoms with van der Waals surface area (Å²) in [5.41, 5.74) is 6.13. The monoisotopic (exact) mass is 194 g/mol. The molecule has 0 saturated heterocycles. The van der Waals surface area contributed by atoms with Gasteiger partial charge >= 0.3 is 0 Å². The summed E-state index contributed by atoms with van der Waals surface area (Å²) in [6, 6.07) is 0.864. The molecule has 2 nitrogen and oxygen atoms in total. The summed E-state index contributed by atoms with van der Waals surface area (Å²) >= 11 is 0. The van der Waals surface area contributed by atoms with Crippen LogP contribution in [0.2, 0.25) is 0 Å². The summed E-state index contributed by atoms with van der Waals surface area (Å²) in [6.45, 7) is 9.41. The zero-order chi connectivity index (χ0) is 10.4. The van der Waals surface area contributed by atoms with Crippen LogP contribution in [0.25, 0.3) is 0 Å². The Bertz CT molecular complexity index is 179. The molecule has 1 aliphatic rings. The molecule has 2 heteroatoms. The molecule has 2 N–H and O–H groups in total. The summed E-state index contributed by atoms with van der Waals surface area (Å²) in [5.74, 6) is 0. The lowest BCUT2D eigenvalue weighted by Gasteiger charge is -2.37. The molecule has 14 heavy (non-hydrogen) atoms. The molecule has 1 fully saturated rings. The third-order valence-corrected chi connectivity index (χ3v) is 2.98. The van der Waals surface area contributed by atoms with E-state index in [9.17, 15) is 0 Å². The van der Waals surface area contributed by atoms with Gasteiger partial charge in [0.15, 0.2) is 0 Å². The van der Waals surface area contributed by atoms with Gasteiger partial charge in [0, 0.05) is 25.2 Å². The van der Waals surface area contributed by atoms with E-state index in [0.717, 1.165) is 19.5 Å². The smallest absolute Gasteiger partial charge is 0.0253 e. The molecule has 0 aromatic heterocycles. The largest absolute Gasteiger partial charge is 0.326 e. The minimum absolute atomic E-state index is 0.337. The molecule has 0 aromatic carbocycles. The summed E-state index contributed by atoms with van der Waals surface area (Å²) in [5, 5.41) is 0. The highest BCUT2D eigenvalue weighted by molar-refractivity contribution is 4.91. The van der Waals surface area contributed by atoms with Gasteiger partial charge < -0.3 is 5.73 Å². The highest BCUT2D eigenvalue weighted by atomic mass is 15.2. The molecule has 0 aliphatic heterocycles.